The minimum Gasteiger partial charge on any atom is -0.508 e. The van der Waals surface area contributed by atoms with Gasteiger partial charge in [0.1, 0.15) is 5.75 Å². The molecule has 112 valence electrons. The van der Waals surface area contributed by atoms with Crippen molar-refractivity contribution in [3.8, 4) is 5.75 Å². The summed E-state index contributed by atoms with van der Waals surface area (Å²) < 4.78 is 0. The normalized spacial score (nSPS) is 13.9. The summed E-state index contributed by atoms with van der Waals surface area (Å²) in [6.07, 6.45) is 1.89. The molecule has 0 saturated carbocycles. The molecule has 2 rings (SSSR count). The van der Waals surface area contributed by atoms with E-state index in [1.165, 1.54) is 11.1 Å². The van der Waals surface area contributed by atoms with Gasteiger partial charge in [-0.05, 0) is 49.1 Å². The molecular weight excluding hydrogens is 282 g/mol. The van der Waals surface area contributed by atoms with Gasteiger partial charge in [0, 0.05) is 17.1 Å². The van der Waals surface area contributed by atoms with Crippen LogP contribution in [-0.4, -0.2) is 11.1 Å². The van der Waals surface area contributed by atoms with Crippen molar-refractivity contribution in [2.75, 3.05) is 0 Å². The van der Waals surface area contributed by atoms with Gasteiger partial charge in [0.25, 0.3) is 0 Å². The smallest absolute Gasteiger partial charge is 0.115 e. The van der Waals surface area contributed by atoms with Gasteiger partial charge in [-0.3, -0.25) is 0 Å². The summed E-state index contributed by atoms with van der Waals surface area (Å²) in [7, 11) is 0. The number of rotatable bonds is 6. The van der Waals surface area contributed by atoms with Crippen LogP contribution in [0.15, 0.2) is 48.5 Å². The molecule has 2 aromatic carbocycles. The van der Waals surface area contributed by atoms with Gasteiger partial charge in [-0.15, -0.1) is 0 Å². The van der Waals surface area contributed by atoms with E-state index in [1.54, 1.807) is 12.1 Å². The van der Waals surface area contributed by atoms with E-state index < -0.39 is 0 Å². The Balaban J connectivity index is 2.01. The molecule has 0 radical (unpaired) electrons. The molecule has 0 amide bonds. The van der Waals surface area contributed by atoms with Crippen molar-refractivity contribution >= 4 is 11.6 Å². The summed E-state index contributed by atoms with van der Waals surface area (Å²) in [5.41, 5.74) is 2.36. The molecule has 0 saturated heterocycles. The van der Waals surface area contributed by atoms with E-state index in [1.807, 2.05) is 30.3 Å². The van der Waals surface area contributed by atoms with Crippen LogP contribution in [0.2, 0.25) is 5.02 Å². The molecule has 2 nitrogen and oxygen atoms in total. The van der Waals surface area contributed by atoms with Gasteiger partial charge < -0.3 is 10.4 Å². The largest absolute Gasteiger partial charge is 0.508 e. The average molecular weight is 304 g/mol. The highest BCUT2D eigenvalue weighted by Gasteiger charge is 2.13. The van der Waals surface area contributed by atoms with E-state index in [4.69, 9.17) is 11.6 Å². The molecule has 2 unspecified atom stereocenters. The standard InChI is InChI=1S/C18H22ClNO/c1-3-18(14-8-10-16(21)11-9-14)20-13(2)12-15-6-4-5-7-17(15)19/h4-11,13,18,20-21H,3,12H2,1-2H3. The highest BCUT2D eigenvalue weighted by atomic mass is 35.5. The number of benzene rings is 2. The first-order chi connectivity index (χ1) is 10.1. The molecule has 0 aliphatic rings. The SMILES string of the molecule is CCC(NC(C)Cc1ccccc1Cl)c1ccc(O)cc1. The van der Waals surface area contributed by atoms with Crippen LogP contribution < -0.4 is 5.32 Å². The molecule has 0 aliphatic carbocycles. The van der Waals surface area contributed by atoms with Crippen LogP contribution >= 0.6 is 11.6 Å². The number of halogens is 1. The Morgan fingerprint density at radius 2 is 1.76 bits per heavy atom. The third-order valence-corrected chi connectivity index (χ3v) is 4.04. The number of aromatic hydroxyl groups is 1. The maximum Gasteiger partial charge on any atom is 0.115 e. The van der Waals surface area contributed by atoms with Crippen LogP contribution in [0.5, 0.6) is 5.75 Å². The molecule has 3 heteroatoms. The summed E-state index contributed by atoms with van der Waals surface area (Å²) in [5.74, 6) is 0.303. The van der Waals surface area contributed by atoms with Gasteiger partial charge in [-0.25, -0.2) is 0 Å². The van der Waals surface area contributed by atoms with Crippen LogP contribution in [0.3, 0.4) is 0 Å². The van der Waals surface area contributed by atoms with Crippen molar-refractivity contribution in [2.24, 2.45) is 0 Å². The zero-order valence-electron chi connectivity index (χ0n) is 12.5. The zero-order chi connectivity index (χ0) is 15.2. The van der Waals surface area contributed by atoms with E-state index in [-0.39, 0.29) is 6.04 Å². The van der Waals surface area contributed by atoms with Gasteiger partial charge in [0.15, 0.2) is 0 Å². The number of hydrogen-bond donors (Lipinski definition) is 2. The van der Waals surface area contributed by atoms with Crippen molar-refractivity contribution in [3.05, 3.63) is 64.7 Å². The second kappa shape index (κ2) is 7.48. The Morgan fingerprint density at radius 3 is 2.38 bits per heavy atom. The fourth-order valence-electron chi connectivity index (χ4n) is 2.55. The average Bonchev–Trinajstić information content (AvgIpc) is 2.48. The van der Waals surface area contributed by atoms with Gasteiger partial charge in [-0.1, -0.05) is 48.9 Å². The van der Waals surface area contributed by atoms with Crippen molar-refractivity contribution in [1.82, 2.24) is 5.32 Å². The molecule has 0 aromatic heterocycles. The van der Waals surface area contributed by atoms with Crippen LogP contribution in [0, 0.1) is 0 Å². The molecule has 0 spiro atoms. The van der Waals surface area contributed by atoms with Gasteiger partial charge in [0.05, 0.1) is 0 Å². The summed E-state index contributed by atoms with van der Waals surface area (Å²) in [6, 6.07) is 16.0. The van der Waals surface area contributed by atoms with Crippen LogP contribution in [0.1, 0.15) is 37.4 Å². The van der Waals surface area contributed by atoms with Crippen molar-refractivity contribution in [1.29, 1.82) is 0 Å². The van der Waals surface area contributed by atoms with E-state index in [0.29, 0.717) is 11.8 Å². The number of phenolic OH excluding ortho intramolecular Hbond substituents is 1. The number of phenols is 1. The van der Waals surface area contributed by atoms with Crippen molar-refractivity contribution in [2.45, 2.75) is 38.8 Å². The molecule has 2 aromatic rings. The van der Waals surface area contributed by atoms with E-state index in [9.17, 15) is 5.11 Å². The molecule has 2 N–H and O–H groups in total. The molecule has 2 atom stereocenters. The lowest BCUT2D eigenvalue weighted by Gasteiger charge is -2.23. The highest BCUT2D eigenvalue weighted by molar-refractivity contribution is 6.31. The van der Waals surface area contributed by atoms with E-state index in [2.05, 4.69) is 25.2 Å². The van der Waals surface area contributed by atoms with Gasteiger partial charge in [0.2, 0.25) is 0 Å². The lowest BCUT2D eigenvalue weighted by atomic mass is 10.0. The minimum atomic E-state index is 0.281. The Kier molecular flexibility index (Phi) is 5.66. The molecular formula is C18H22ClNO. The highest BCUT2D eigenvalue weighted by Crippen LogP contribution is 2.22. The van der Waals surface area contributed by atoms with Crippen LogP contribution in [-0.2, 0) is 6.42 Å². The third kappa shape index (κ3) is 4.48. The topological polar surface area (TPSA) is 32.3 Å². The first-order valence-electron chi connectivity index (χ1n) is 7.38. The Hall–Kier alpha value is -1.51. The first-order valence-corrected chi connectivity index (χ1v) is 7.76. The fraction of sp³-hybridized carbons (Fsp3) is 0.333. The van der Waals surface area contributed by atoms with Crippen LogP contribution in [0.25, 0.3) is 0 Å². The predicted octanol–water partition coefficient (Wildman–Crippen LogP) is 4.72. The third-order valence-electron chi connectivity index (χ3n) is 3.67. The van der Waals surface area contributed by atoms with Gasteiger partial charge >= 0.3 is 0 Å². The van der Waals surface area contributed by atoms with E-state index in [0.717, 1.165) is 17.9 Å². The molecule has 0 fully saturated rings. The van der Waals surface area contributed by atoms with Crippen LogP contribution in [0.4, 0.5) is 0 Å². The molecule has 0 heterocycles. The predicted molar refractivity (Wildman–Crippen MR) is 88.9 cm³/mol. The second-order valence-corrected chi connectivity index (χ2v) is 5.82. The quantitative estimate of drug-likeness (QED) is 0.809. The zero-order valence-corrected chi connectivity index (χ0v) is 13.3. The van der Waals surface area contributed by atoms with E-state index >= 15 is 0 Å². The number of nitrogens with one attached hydrogen (secondary N) is 1. The summed E-state index contributed by atoms with van der Waals surface area (Å²) >= 11 is 6.22. The van der Waals surface area contributed by atoms with Gasteiger partial charge in [-0.2, -0.15) is 0 Å². The lowest BCUT2D eigenvalue weighted by molar-refractivity contribution is 0.441. The minimum absolute atomic E-state index is 0.281. The lowest BCUT2D eigenvalue weighted by Crippen LogP contribution is -2.32. The molecule has 0 bridgehead atoms. The Morgan fingerprint density at radius 1 is 1.10 bits per heavy atom. The maximum atomic E-state index is 9.38. The Labute approximate surface area is 131 Å². The summed E-state index contributed by atoms with van der Waals surface area (Å²) in [4.78, 5) is 0. The van der Waals surface area contributed by atoms with Crippen molar-refractivity contribution in [3.63, 3.8) is 0 Å². The van der Waals surface area contributed by atoms with Crippen molar-refractivity contribution < 1.29 is 5.11 Å². The fourth-order valence-corrected chi connectivity index (χ4v) is 2.77. The molecule has 0 aliphatic heterocycles. The maximum absolute atomic E-state index is 9.38. The Bertz CT molecular complexity index is 568. The molecule has 21 heavy (non-hydrogen) atoms. The first kappa shape index (κ1) is 15.9. The monoisotopic (exact) mass is 303 g/mol. The second-order valence-electron chi connectivity index (χ2n) is 5.42. The summed E-state index contributed by atoms with van der Waals surface area (Å²) in [5, 5.41) is 13.8. The number of hydrogen-bond acceptors (Lipinski definition) is 2. The summed E-state index contributed by atoms with van der Waals surface area (Å²) in [6.45, 7) is 4.33.